The van der Waals surface area contributed by atoms with Crippen LogP contribution in [0.4, 0.5) is 23.7 Å². The normalized spacial score (nSPS) is 21.5. The maximum Gasteiger partial charge on any atom is 0.573 e. The largest absolute Gasteiger partial charge is 0.573 e. The van der Waals surface area contributed by atoms with E-state index >= 15 is 0 Å². The van der Waals surface area contributed by atoms with Crippen molar-refractivity contribution in [3.05, 3.63) is 60.2 Å². The summed E-state index contributed by atoms with van der Waals surface area (Å²) in [5, 5.41) is 0. The van der Waals surface area contributed by atoms with Gasteiger partial charge in [0.25, 0.3) is 0 Å². The van der Waals surface area contributed by atoms with Crippen molar-refractivity contribution in [1.29, 1.82) is 0 Å². The number of rotatable bonds is 6. The number of hydrogen-bond donors (Lipinski definition) is 1. The third-order valence-electron chi connectivity index (χ3n) is 5.21. The van der Waals surface area contributed by atoms with Crippen LogP contribution in [0.1, 0.15) is 12.0 Å². The summed E-state index contributed by atoms with van der Waals surface area (Å²) in [6.45, 7) is 0.568. The van der Waals surface area contributed by atoms with Crippen molar-refractivity contribution in [3.63, 3.8) is 0 Å². The van der Waals surface area contributed by atoms with Crippen molar-refractivity contribution in [2.24, 2.45) is 0 Å². The van der Waals surface area contributed by atoms with E-state index in [2.05, 4.69) is 9.46 Å². The number of ether oxygens (including phenoxy) is 1. The third kappa shape index (κ3) is 5.10. The Labute approximate surface area is 177 Å². The van der Waals surface area contributed by atoms with Crippen LogP contribution >= 0.6 is 0 Å². The lowest BCUT2D eigenvalue weighted by Crippen LogP contribution is -2.40. The molecule has 2 aliphatic rings. The zero-order valence-electron chi connectivity index (χ0n) is 16.2. The van der Waals surface area contributed by atoms with E-state index in [1.165, 1.54) is 17.0 Å². The summed E-state index contributed by atoms with van der Waals surface area (Å²) in [6, 6.07) is 13.0. The van der Waals surface area contributed by atoms with E-state index in [1.54, 1.807) is 29.2 Å². The number of halogens is 3. The maximum atomic E-state index is 12.8. The molecule has 31 heavy (non-hydrogen) atoms. The molecule has 166 valence electrons. The van der Waals surface area contributed by atoms with E-state index < -0.39 is 16.4 Å². The molecule has 0 bridgehead atoms. The zero-order chi connectivity index (χ0) is 22.2. The number of nitrogens with one attached hydrogen (secondary N) is 1. The monoisotopic (exact) mass is 455 g/mol. The molecule has 2 aromatic rings. The Bertz CT molecular complexity index is 1050. The van der Waals surface area contributed by atoms with Crippen LogP contribution in [0.3, 0.4) is 0 Å². The molecule has 11 heteroatoms. The number of nitrogens with zero attached hydrogens (tertiary/aromatic N) is 2. The van der Waals surface area contributed by atoms with Crippen molar-refractivity contribution in [1.82, 2.24) is 9.62 Å². The molecule has 2 atom stereocenters. The number of urea groups is 1. The Morgan fingerprint density at radius 1 is 1.03 bits per heavy atom. The average Bonchev–Trinajstić information content (AvgIpc) is 3.19. The number of amides is 2. The number of anilines is 1. The molecule has 0 saturated carbocycles. The number of carbonyl (C=O) groups excluding carboxylic acids is 1. The molecule has 2 aromatic carbocycles. The molecule has 2 fully saturated rings. The van der Waals surface area contributed by atoms with Crippen molar-refractivity contribution >= 4 is 21.7 Å². The Morgan fingerprint density at radius 3 is 2.32 bits per heavy atom. The fourth-order valence-electron chi connectivity index (χ4n) is 3.99. The van der Waals surface area contributed by atoms with Gasteiger partial charge in [0.05, 0.1) is 11.8 Å². The lowest BCUT2D eigenvalue weighted by atomic mass is 10.2. The molecule has 2 aliphatic heterocycles. The summed E-state index contributed by atoms with van der Waals surface area (Å²) in [5.74, 6) is -0.502. The van der Waals surface area contributed by atoms with Gasteiger partial charge in [-0.3, -0.25) is 4.90 Å². The molecule has 0 radical (unpaired) electrons. The number of benzene rings is 2. The summed E-state index contributed by atoms with van der Waals surface area (Å²) in [4.78, 5) is 15.8. The topological polar surface area (TPSA) is 79.0 Å². The minimum absolute atomic E-state index is 0.137. The first-order valence-electron chi connectivity index (χ1n) is 9.57. The minimum atomic E-state index is -4.78. The fraction of sp³-hybridized carbons (Fsp3) is 0.350. The molecule has 4 rings (SSSR count). The van der Waals surface area contributed by atoms with E-state index in [-0.39, 0.29) is 36.2 Å². The number of sulfonamides is 1. The quantitative estimate of drug-likeness (QED) is 0.726. The SMILES string of the molecule is O=C1N(c2ccc(OC(F)(F)F)cc2)C[C@@H]2C[C@@H](NS(=O)(=O)Cc3ccccc3)CN12. The molecule has 0 aliphatic carbocycles. The highest BCUT2D eigenvalue weighted by Gasteiger charge is 2.45. The fourth-order valence-corrected chi connectivity index (χ4v) is 5.38. The first-order valence-corrected chi connectivity index (χ1v) is 11.2. The van der Waals surface area contributed by atoms with Gasteiger partial charge in [-0.05, 0) is 36.2 Å². The average molecular weight is 455 g/mol. The number of alkyl halides is 3. The maximum absolute atomic E-state index is 12.8. The lowest BCUT2D eigenvalue weighted by molar-refractivity contribution is -0.274. The predicted octanol–water partition coefficient (Wildman–Crippen LogP) is 3.09. The number of fused-ring (bicyclic) bond motifs is 1. The van der Waals surface area contributed by atoms with Crippen molar-refractivity contribution in [2.45, 2.75) is 30.6 Å². The molecule has 0 unspecified atom stereocenters. The first kappa shape index (κ1) is 21.4. The van der Waals surface area contributed by atoms with Crippen LogP contribution in [0, 0.1) is 0 Å². The van der Waals surface area contributed by atoms with Gasteiger partial charge in [0.2, 0.25) is 10.0 Å². The van der Waals surface area contributed by atoms with Gasteiger partial charge in [-0.1, -0.05) is 30.3 Å². The first-order chi connectivity index (χ1) is 14.6. The molecule has 0 aromatic heterocycles. The van der Waals surface area contributed by atoms with Gasteiger partial charge >= 0.3 is 12.4 Å². The van der Waals surface area contributed by atoms with Gasteiger partial charge in [-0.25, -0.2) is 17.9 Å². The summed E-state index contributed by atoms with van der Waals surface area (Å²) in [7, 11) is -3.56. The van der Waals surface area contributed by atoms with E-state index in [1.807, 2.05) is 6.07 Å². The highest BCUT2D eigenvalue weighted by Crippen LogP contribution is 2.32. The van der Waals surface area contributed by atoms with Crippen molar-refractivity contribution < 1.29 is 31.1 Å². The third-order valence-corrected chi connectivity index (χ3v) is 6.62. The summed E-state index contributed by atoms with van der Waals surface area (Å²) in [5.41, 5.74) is 1.13. The second-order valence-corrected chi connectivity index (χ2v) is 9.29. The van der Waals surface area contributed by atoms with E-state index in [0.29, 0.717) is 24.2 Å². The van der Waals surface area contributed by atoms with E-state index in [9.17, 15) is 26.4 Å². The molecule has 1 N–H and O–H groups in total. The predicted molar refractivity (Wildman–Crippen MR) is 107 cm³/mol. The second-order valence-electron chi connectivity index (χ2n) is 7.54. The number of hydrogen-bond acceptors (Lipinski definition) is 4. The summed E-state index contributed by atoms with van der Waals surface area (Å²) < 4.78 is 68.3. The van der Waals surface area contributed by atoms with Gasteiger partial charge < -0.3 is 9.64 Å². The van der Waals surface area contributed by atoms with Gasteiger partial charge in [0, 0.05) is 24.8 Å². The van der Waals surface area contributed by atoms with Crippen LogP contribution in [0.25, 0.3) is 0 Å². The molecule has 2 heterocycles. The Hall–Kier alpha value is -2.79. The van der Waals surface area contributed by atoms with E-state index in [0.717, 1.165) is 12.1 Å². The zero-order valence-corrected chi connectivity index (χ0v) is 17.1. The summed E-state index contributed by atoms with van der Waals surface area (Å²) in [6.07, 6.45) is -4.32. The lowest BCUT2D eigenvalue weighted by Gasteiger charge is -2.20. The molecule has 2 amide bonds. The number of carbonyl (C=O) groups is 1. The minimum Gasteiger partial charge on any atom is -0.406 e. The second kappa shape index (κ2) is 8.04. The van der Waals surface area contributed by atoms with Crippen LogP contribution < -0.4 is 14.4 Å². The molecule has 7 nitrogen and oxygen atoms in total. The Kier molecular flexibility index (Phi) is 5.56. The Balaban J connectivity index is 1.36. The van der Waals surface area contributed by atoms with Gasteiger partial charge in [0.15, 0.2) is 0 Å². The van der Waals surface area contributed by atoms with E-state index in [4.69, 9.17) is 0 Å². The van der Waals surface area contributed by atoms with Crippen LogP contribution in [0.5, 0.6) is 5.75 Å². The highest BCUT2D eigenvalue weighted by molar-refractivity contribution is 7.88. The summed E-state index contributed by atoms with van der Waals surface area (Å²) >= 11 is 0. The highest BCUT2D eigenvalue weighted by atomic mass is 32.2. The van der Waals surface area contributed by atoms with Crippen molar-refractivity contribution in [3.8, 4) is 5.75 Å². The van der Waals surface area contributed by atoms with Gasteiger partial charge in [-0.2, -0.15) is 0 Å². The molecular formula is C20H20F3N3O4S. The molecule has 0 spiro atoms. The smallest absolute Gasteiger partial charge is 0.406 e. The van der Waals surface area contributed by atoms with Gasteiger partial charge in [0.1, 0.15) is 5.75 Å². The molecular weight excluding hydrogens is 435 g/mol. The van der Waals surface area contributed by atoms with Gasteiger partial charge in [-0.15, -0.1) is 13.2 Å². The van der Waals surface area contributed by atoms with Crippen LogP contribution in [0.2, 0.25) is 0 Å². The van der Waals surface area contributed by atoms with Crippen LogP contribution in [-0.2, 0) is 15.8 Å². The van der Waals surface area contributed by atoms with Crippen molar-refractivity contribution in [2.75, 3.05) is 18.0 Å². The standard InChI is InChI=1S/C20H20F3N3O4S/c21-20(22,23)30-18-8-6-16(7-9-18)26-12-17-10-15(11-25(17)19(26)27)24-31(28,29)13-14-4-2-1-3-5-14/h1-9,15,17,24H,10-13H2/t15-,17+/m1/s1. The van der Waals surface area contributed by atoms with Crippen LogP contribution in [-0.4, -0.2) is 50.9 Å². The van der Waals surface area contributed by atoms with Crippen LogP contribution in [0.15, 0.2) is 54.6 Å². The molecule has 2 saturated heterocycles. The Morgan fingerprint density at radius 2 is 1.71 bits per heavy atom.